The minimum absolute atomic E-state index is 0.0439. The number of amides is 1. The first-order chi connectivity index (χ1) is 16.5. The lowest BCUT2D eigenvalue weighted by atomic mass is 10.0. The molecule has 1 aliphatic rings. The van der Waals surface area contributed by atoms with Crippen molar-refractivity contribution in [3.05, 3.63) is 89.7 Å². The van der Waals surface area contributed by atoms with Gasteiger partial charge in [0, 0.05) is 24.6 Å². The zero-order valence-electron chi connectivity index (χ0n) is 20.1. The summed E-state index contributed by atoms with van der Waals surface area (Å²) in [6.07, 6.45) is 0.467. The molecule has 0 radical (unpaired) electrons. The van der Waals surface area contributed by atoms with Gasteiger partial charge in [0.2, 0.25) is 5.91 Å². The topological polar surface area (TPSA) is 47.4 Å². The smallest absolute Gasteiger partial charge is 0.227 e. The third-order valence-corrected chi connectivity index (χ3v) is 6.69. The third kappa shape index (κ3) is 4.18. The molecule has 1 unspecified atom stereocenters. The van der Waals surface area contributed by atoms with Crippen molar-refractivity contribution < 1.29 is 9.53 Å². The molecule has 0 N–H and O–H groups in total. The standard InChI is InChI=1S/C29H31N3O2/c1-20(2)23-11-5-9-15-27(23)34-17-16-31-26-14-8-6-12-24(26)30-29(31)22-18-28(33)32(19-22)25-13-7-4-10-21(25)3/h4-15,20,22H,16-19H2,1-3H3. The zero-order valence-corrected chi connectivity index (χ0v) is 20.1. The van der Waals surface area contributed by atoms with Gasteiger partial charge in [-0.2, -0.15) is 0 Å². The Morgan fingerprint density at radius 1 is 1.00 bits per heavy atom. The SMILES string of the molecule is Cc1ccccc1N1CC(c2nc3ccccc3n2CCOc2ccccc2C(C)C)CC1=O. The number of aromatic nitrogens is 2. The molecule has 0 saturated carbocycles. The lowest BCUT2D eigenvalue weighted by Crippen LogP contribution is -2.25. The fourth-order valence-corrected chi connectivity index (χ4v) is 4.96. The van der Waals surface area contributed by atoms with Gasteiger partial charge in [-0.05, 0) is 48.2 Å². The van der Waals surface area contributed by atoms with Crippen LogP contribution in [0.3, 0.4) is 0 Å². The zero-order chi connectivity index (χ0) is 23.7. The van der Waals surface area contributed by atoms with Crippen LogP contribution in [0.1, 0.15) is 49.1 Å². The van der Waals surface area contributed by atoms with Crippen LogP contribution in [0, 0.1) is 6.92 Å². The molecule has 1 aliphatic heterocycles. The predicted molar refractivity (Wildman–Crippen MR) is 137 cm³/mol. The Hall–Kier alpha value is -3.60. The van der Waals surface area contributed by atoms with Gasteiger partial charge in [0.1, 0.15) is 18.2 Å². The van der Waals surface area contributed by atoms with E-state index >= 15 is 0 Å². The molecule has 1 amide bonds. The molecule has 1 fully saturated rings. The number of benzene rings is 3. The number of aryl methyl sites for hydroxylation is 1. The number of para-hydroxylation sites is 4. The Morgan fingerprint density at radius 3 is 2.56 bits per heavy atom. The number of hydrogen-bond donors (Lipinski definition) is 0. The summed E-state index contributed by atoms with van der Waals surface area (Å²) in [4.78, 5) is 19.9. The van der Waals surface area contributed by atoms with Gasteiger partial charge in [-0.15, -0.1) is 0 Å². The van der Waals surface area contributed by atoms with E-state index in [0.717, 1.165) is 33.9 Å². The van der Waals surface area contributed by atoms with Crippen LogP contribution in [0.4, 0.5) is 5.69 Å². The van der Waals surface area contributed by atoms with E-state index in [1.807, 2.05) is 53.4 Å². The van der Waals surface area contributed by atoms with Crippen molar-refractivity contribution in [1.82, 2.24) is 9.55 Å². The van der Waals surface area contributed by atoms with E-state index in [9.17, 15) is 4.79 Å². The highest BCUT2D eigenvalue weighted by atomic mass is 16.5. The lowest BCUT2D eigenvalue weighted by Gasteiger charge is -2.19. The van der Waals surface area contributed by atoms with Crippen molar-refractivity contribution in [3.63, 3.8) is 0 Å². The van der Waals surface area contributed by atoms with Crippen molar-refractivity contribution in [2.24, 2.45) is 0 Å². The van der Waals surface area contributed by atoms with Crippen molar-refractivity contribution in [2.75, 3.05) is 18.1 Å². The summed E-state index contributed by atoms with van der Waals surface area (Å²) < 4.78 is 8.48. The molecule has 0 spiro atoms. The van der Waals surface area contributed by atoms with Gasteiger partial charge in [0.15, 0.2) is 0 Å². The largest absolute Gasteiger partial charge is 0.491 e. The molecule has 5 rings (SSSR count). The van der Waals surface area contributed by atoms with Gasteiger partial charge >= 0.3 is 0 Å². The molecule has 34 heavy (non-hydrogen) atoms. The van der Waals surface area contributed by atoms with E-state index in [0.29, 0.717) is 32.0 Å². The van der Waals surface area contributed by atoms with E-state index in [-0.39, 0.29) is 11.8 Å². The van der Waals surface area contributed by atoms with E-state index in [2.05, 4.69) is 49.6 Å². The van der Waals surface area contributed by atoms with Crippen molar-refractivity contribution in [3.8, 4) is 5.75 Å². The molecule has 174 valence electrons. The molecule has 0 bridgehead atoms. The second-order valence-electron chi connectivity index (χ2n) is 9.34. The monoisotopic (exact) mass is 453 g/mol. The van der Waals surface area contributed by atoms with Crippen LogP contribution < -0.4 is 9.64 Å². The molecule has 2 heterocycles. The third-order valence-electron chi connectivity index (χ3n) is 6.69. The summed E-state index contributed by atoms with van der Waals surface area (Å²) in [5.41, 5.74) is 5.36. The summed E-state index contributed by atoms with van der Waals surface area (Å²) in [5.74, 6) is 2.50. The Morgan fingerprint density at radius 2 is 1.74 bits per heavy atom. The van der Waals surface area contributed by atoms with Crippen molar-refractivity contribution in [1.29, 1.82) is 0 Å². The molecule has 5 heteroatoms. The Bertz CT molecular complexity index is 1320. The number of fused-ring (bicyclic) bond motifs is 1. The number of ether oxygens (including phenoxy) is 1. The van der Waals surface area contributed by atoms with Crippen LogP contribution in [0.2, 0.25) is 0 Å². The summed E-state index contributed by atoms with van der Waals surface area (Å²) in [5, 5.41) is 0. The molecule has 1 saturated heterocycles. The highest BCUT2D eigenvalue weighted by molar-refractivity contribution is 5.97. The van der Waals surface area contributed by atoms with Gasteiger partial charge in [-0.25, -0.2) is 4.98 Å². The average Bonchev–Trinajstić information content (AvgIpc) is 3.40. The number of rotatable bonds is 7. The van der Waals surface area contributed by atoms with Gasteiger partial charge in [-0.1, -0.05) is 62.4 Å². The van der Waals surface area contributed by atoms with E-state index in [1.165, 1.54) is 5.56 Å². The highest BCUT2D eigenvalue weighted by Crippen LogP contribution is 2.34. The van der Waals surface area contributed by atoms with Gasteiger partial charge < -0.3 is 14.2 Å². The van der Waals surface area contributed by atoms with Gasteiger partial charge in [0.25, 0.3) is 0 Å². The molecule has 3 aromatic carbocycles. The second kappa shape index (κ2) is 9.34. The van der Waals surface area contributed by atoms with Crippen LogP contribution in [-0.4, -0.2) is 28.6 Å². The van der Waals surface area contributed by atoms with E-state index in [1.54, 1.807) is 0 Å². The van der Waals surface area contributed by atoms with Crippen LogP contribution in [-0.2, 0) is 11.3 Å². The number of carbonyl (C=O) groups excluding carboxylic acids is 1. The molecule has 1 atom stereocenters. The van der Waals surface area contributed by atoms with E-state index < -0.39 is 0 Å². The Labute approximate surface area is 201 Å². The number of nitrogens with zero attached hydrogens (tertiary/aromatic N) is 3. The van der Waals surface area contributed by atoms with Crippen molar-refractivity contribution >= 4 is 22.6 Å². The van der Waals surface area contributed by atoms with Crippen molar-refractivity contribution in [2.45, 2.75) is 45.6 Å². The van der Waals surface area contributed by atoms with Gasteiger partial charge in [0.05, 0.1) is 17.6 Å². The first kappa shape index (κ1) is 22.2. The maximum atomic E-state index is 13.0. The first-order valence-corrected chi connectivity index (χ1v) is 12.1. The minimum atomic E-state index is 0.0439. The molecule has 5 nitrogen and oxygen atoms in total. The first-order valence-electron chi connectivity index (χ1n) is 12.1. The van der Waals surface area contributed by atoms with Crippen LogP contribution in [0.25, 0.3) is 11.0 Å². The molecule has 0 aliphatic carbocycles. The molecule has 1 aromatic heterocycles. The molecular formula is C29H31N3O2. The van der Waals surface area contributed by atoms with Crippen LogP contribution in [0.15, 0.2) is 72.8 Å². The maximum absolute atomic E-state index is 13.0. The maximum Gasteiger partial charge on any atom is 0.227 e. The normalized spacial score (nSPS) is 16.1. The molecule has 4 aromatic rings. The summed E-state index contributed by atoms with van der Waals surface area (Å²) in [6, 6.07) is 24.5. The van der Waals surface area contributed by atoms with Crippen LogP contribution >= 0.6 is 0 Å². The summed E-state index contributed by atoms with van der Waals surface area (Å²) in [6.45, 7) is 8.28. The highest BCUT2D eigenvalue weighted by Gasteiger charge is 2.35. The Balaban J connectivity index is 1.41. The molecular weight excluding hydrogens is 422 g/mol. The average molecular weight is 454 g/mol. The van der Waals surface area contributed by atoms with E-state index in [4.69, 9.17) is 9.72 Å². The number of anilines is 1. The fourth-order valence-electron chi connectivity index (χ4n) is 4.96. The van der Waals surface area contributed by atoms with Gasteiger partial charge in [-0.3, -0.25) is 4.79 Å². The Kier molecular flexibility index (Phi) is 6.10. The lowest BCUT2D eigenvalue weighted by molar-refractivity contribution is -0.117. The summed E-state index contributed by atoms with van der Waals surface area (Å²) >= 11 is 0. The minimum Gasteiger partial charge on any atom is -0.491 e. The fraction of sp³-hybridized carbons (Fsp3) is 0.310. The summed E-state index contributed by atoms with van der Waals surface area (Å²) in [7, 11) is 0. The quantitative estimate of drug-likeness (QED) is 0.341. The van der Waals surface area contributed by atoms with Crippen LogP contribution in [0.5, 0.6) is 5.75 Å². The predicted octanol–water partition coefficient (Wildman–Crippen LogP) is 6.07. The number of hydrogen-bond acceptors (Lipinski definition) is 3. The number of imidazole rings is 1. The number of carbonyl (C=O) groups is 1. The second-order valence-corrected chi connectivity index (χ2v) is 9.34.